The van der Waals surface area contributed by atoms with E-state index in [4.69, 9.17) is 0 Å². The molecule has 1 heterocycles. The molecule has 0 bridgehead atoms. The summed E-state index contributed by atoms with van der Waals surface area (Å²) in [6.45, 7) is 2.03. The van der Waals surface area contributed by atoms with Crippen molar-refractivity contribution in [1.29, 1.82) is 0 Å². The molecule has 3 aromatic rings. The third kappa shape index (κ3) is 4.64. The molecule has 1 aromatic heterocycles. The van der Waals surface area contributed by atoms with Gasteiger partial charge in [-0.2, -0.15) is 0 Å². The van der Waals surface area contributed by atoms with Crippen LogP contribution in [0.3, 0.4) is 0 Å². The van der Waals surface area contributed by atoms with Crippen LogP contribution in [0.2, 0.25) is 0 Å². The summed E-state index contributed by atoms with van der Waals surface area (Å²) in [6.07, 6.45) is 3.03. The van der Waals surface area contributed by atoms with Crippen LogP contribution in [-0.4, -0.2) is 15.9 Å². The molecule has 2 aromatic carbocycles. The predicted molar refractivity (Wildman–Crippen MR) is 103 cm³/mol. The Balaban J connectivity index is 1.64. The van der Waals surface area contributed by atoms with Crippen LogP contribution in [0, 0.1) is 0 Å². The molecule has 0 aliphatic heterocycles. The van der Waals surface area contributed by atoms with Crippen molar-refractivity contribution < 1.29 is 4.79 Å². The van der Waals surface area contributed by atoms with Gasteiger partial charge in [0.25, 0.3) is 5.91 Å². The second kappa shape index (κ2) is 7.90. The molecule has 0 saturated carbocycles. The van der Waals surface area contributed by atoms with Gasteiger partial charge in [-0.05, 0) is 30.7 Å². The average molecular weight is 397 g/mol. The second-order valence-corrected chi connectivity index (χ2v) is 6.45. The highest BCUT2D eigenvalue weighted by Gasteiger charge is 2.10. The van der Waals surface area contributed by atoms with Crippen molar-refractivity contribution in [3.63, 3.8) is 0 Å². The maximum atomic E-state index is 12.3. The smallest absolute Gasteiger partial charge is 0.258 e. The minimum atomic E-state index is -0.249. The molecule has 1 unspecified atom stereocenters. The molecule has 2 N–H and O–H groups in total. The number of carbonyl (C=O) groups is 1. The van der Waals surface area contributed by atoms with Gasteiger partial charge in [-0.1, -0.05) is 52.3 Å². The molecule has 0 saturated heterocycles. The summed E-state index contributed by atoms with van der Waals surface area (Å²) in [7, 11) is 0. The monoisotopic (exact) mass is 396 g/mol. The van der Waals surface area contributed by atoms with Crippen molar-refractivity contribution in [3.8, 4) is 0 Å². The Bertz CT molecular complexity index is 853. The lowest BCUT2D eigenvalue weighted by Crippen LogP contribution is -2.14. The lowest BCUT2D eigenvalue weighted by molar-refractivity contribution is 0.102. The van der Waals surface area contributed by atoms with Gasteiger partial charge in [0.15, 0.2) is 0 Å². The summed E-state index contributed by atoms with van der Waals surface area (Å²) >= 11 is 3.38. The van der Waals surface area contributed by atoms with Gasteiger partial charge in [0, 0.05) is 22.6 Å². The highest BCUT2D eigenvalue weighted by atomic mass is 79.9. The summed E-state index contributed by atoms with van der Waals surface area (Å²) in [5, 5.41) is 6.04. The Morgan fingerprint density at radius 1 is 1.04 bits per heavy atom. The van der Waals surface area contributed by atoms with Gasteiger partial charge in [0.1, 0.15) is 0 Å². The van der Waals surface area contributed by atoms with Gasteiger partial charge in [-0.15, -0.1) is 0 Å². The first-order valence-electron chi connectivity index (χ1n) is 7.82. The molecule has 0 fully saturated rings. The Labute approximate surface area is 154 Å². The number of anilines is 2. The molecule has 0 aliphatic rings. The number of hydrogen-bond acceptors (Lipinski definition) is 4. The zero-order valence-electron chi connectivity index (χ0n) is 13.6. The normalized spacial score (nSPS) is 11.6. The molecule has 6 heteroatoms. The molecule has 5 nitrogen and oxygen atoms in total. The average Bonchev–Trinajstić information content (AvgIpc) is 2.63. The molecule has 0 spiro atoms. The number of carbonyl (C=O) groups excluding carboxylic acids is 1. The third-order valence-corrected chi connectivity index (χ3v) is 4.13. The topological polar surface area (TPSA) is 66.9 Å². The highest BCUT2D eigenvalue weighted by Crippen LogP contribution is 2.18. The van der Waals surface area contributed by atoms with E-state index in [1.807, 2.05) is 61.5 Å². The summed E-state index contributed by atoms with van der Waals surface area (Å²) in [5.41, 5.74) is 2.25. The first-order chi connectivity index (χ1) is 12.1. The fourth-order valence-corrected chi connectivity index (χ4v) is 2.71. The van der Waals surface area contributed by atoms with E-state index in [-0.39, 0.29) is 11.9 Å². The summed E-state index contributed by atoms with van der Waals surface area (Å²) in [4.78, 5) is 20.7. The number of nitrogens with zero attached hydrogens (tertiary/aromatic N) is 2. The molecule has 1 amide bonds. The number of halogens is 1. The standard InChI is InChI=1S/C19H17BrN4O/c1-13(14-6-3-2-4-7-14)23-19-21-11-15(12-22-19)18(25)24-17-9-5-8-16(20)10-17/h2-13H,1H3,(H,24,25)(H,21,22,23). The number of hydrogen-bond donors (Lipinski definition) is 2. The maximum absolute atomic E-state index is 12.3. The van der Waals surface area contributed by atoms with Gasteiger partial charge in [-0.3, -0.25) is 4.79 Å². The van der Waals surface area contributed by atoms with Crippen LogP contribution < -0.4 is 10.6 Å². The lowest BCUT2D eigenvalue weighted by Gasteiger charge is -2.14. The quantitative estimate of drug-likeness (QED) is 0.657. The number of rotatable bonds is 5. The Morgan fingerprint density at radius 2 is 1.76 bits per heavy atom. The van der Waals surface area contributed by atoms with Gasteiger partial charge < -0.3 is 10.6 Å². The zero-order valence-corrected chi connectivity index (χ0v) is 15.2. The Hall–Kier alpha value is -2.73. The van der Waals surface area contributed by atoms with E-state index < -0.39 is 0 Å². The van der Waals surface area contributed by atoms with Crippen molar-refractivity contribution in [2.45, 2.75) is 13.0 Å². The highest BCUT2D eigenvalue weighted by molar-refractivity contribution is 9.10. The molecule has 25 heavy (non-hydrogen) atoms. The third-order valence-electron chi connectivity index (χ3n) is 3.64. The van der Waals surface area contributed by atoms with Crippen LogP contribution in [0.1, 0.15) is 28.9 Å². The van der Waals surface area contributed by atoms with Crippen LogP contribution in [0.15, 0.2) is 71.5 Å². The summed E-state index contributed by atoms with van der Waals surface area (Å²) in [6, 6.07) is 17.5. The van der Waals surface area contributed by atoms with E-state index in [9.17, 15) is 4.79 Å². The number of amides is 1. The van der Waals surface area contributed by atoms with Crippen LogP contribution in [-0.2, 0) is 0 Å². The Morgan fingerprint density at radius 3 is 2.44 bits per heavy atom. The van der Waals surface area contributed by atoms with E-state index in [0.717, 1.165) is 10.0 Å². The lowest BCUT2D eigenvalue weighted by atomic mass is 10.1. The molecule has 3 rings (SSSR count). The van der Waals surface area contributed by atoms with Crippen molar-refractivity contribution >= 4 is 33.5 Å². The SMILES string of the molecule is CC(Nc1ncc(C(=O)Nc2cccc(Br)c2)cn1)c1ccccc1. The first kappa shape index (κ1) is 17.1. The van der Waals surface area contributed by atoms with Gasteiger partial charge >= 0.3 is 0 Å². The minimum absolute atomic E-state index is 0.0718. The van der Waals surface area contributed by atoms with E-state index in [1.54, 1.807) is 0 Å². The molecule has 1 atom stereocenters. The minimum Gasteiger partial charge on any atom is -0.348 e. The maximum Gasteiger partial charge on any atom is 0.258 e. The van der Waals surface area contributed by atoms with Crippen LogP contribution in [0.4, 0.5) is 11.6 Å². The summed E-state index contributed by atoms with van der Waals surface area (Å²) in [5.74, 6) is 0.233. The fraction of sp³-hybridized carbons (Fsp3) is 0.105. The van der Waals surface area contributed by atoms with E-state index in [0.29, 0.717) is 17.2 Å². The fourth-order valence-electron chi connectivity index (χ4n) is 2.31. The largest absolute Gasteiger partial charge is 0.348 e. The zero-order chi connectivity index (χ0) is 17.6. The van der Waals surface area contributed by atoms with E-state index in [1.165, 1.54) is 12.4 Å². The predicted octanol–water partition coefficient (Wildman–Crippen LogP) is 4.66. The molecule has 0 aliphatic carbocycles. The molecule has 126 valence electrons. The van der Waals surface area contributed by atoms with Gasteiger partial charge in [0.2, 0.25) is 5.95 Å². The van der Waals surface area contributed by atoms with Gasteiger partial charge in [0.05, 0.1) is 11.6 Å². The summed E-state index contributed by atoms with van der Waals surface area (Å²) < 4.78 is 0.899. The Kier molecular flexibility index (Phi) is 5.40. The first-order valence-corrected chi connectivity index (χ1v) is 8.61. The van der Waals surface area contributed by atoms with E-state index >= 15 is 0 Å². The number of benzene rings is 2. The van der Waals surface area contributed by atoms with Crippen molar-refractivity contribution in [2.24, 2.45) is 0 Å². The number of nitrogens with one attached hydrogen (secondary N) is 2. The molecule has 0 radical (unpaired) electrons. The van der Waals surface area contributed by atoms with Crippen molar-refractivity contribution in [1.82, 2.24) is 9.97 Å². The second-order valence-electron chi connectivity index (χ2n) is 5.54. The molecular weight excluding hydrogens is 380 g/mol. The van der Waals surface area contributed by atoms with Crippen molar-refractivity contribution in [3.05, 3.63) is 82.6 Å². The van der Waals surface area contributed by atoms with E-state index in [2.05, 4.69) is 36.5 Å². The van der Waals surface area contributed by atoms with Crippen molar-refractivity contribution in [2.75, 3.05) is 10.6 Å². The van der Waals surface area contributed by atoms with Crippen LogP contribution in [0.25, 0.3) is 0 Å². The number of aromatic nitrogens is 2. The van der Waals surface area contributed by atoms with Gasteiger partial charge in [-0.25, -0.2) is 9.97 Å². The molecular formula is C19H17BrN4O. The van der Waals surface area contributed by atoms with Crippen LogP contribution in [0.5, 0.6) is 0 Å². The van der Waals surface area contributed by atoms with Crippen LogP contribution >= 0.6 is 15.9 Å².